The highest BCUT2D eigenvalue weighted by Gasteiger charge is 2.15. The SMILES string of the molecule is Cc1ccc(C(=O)c2c[nH]c3ccc(F)cc23)cc1Br. The predicted molar refractivity (Wildman–Crippen MR) is 80.6 cm³/mol. The lowest BCUT2D eigenvalue weighted by Crippen LogP contribution is -2.00. The van der Waals surface area contributed by atoms with Crippen molar-refractivity contribution >= 4 is 32.6 Å². The van der Waals surface area contributed by atoms with Crippen LogP contribution in [0.2, 0.25) is 0 Å². The summed E-state index contributed by atoms with van der Waals surface area (Å²) in [4.78, 5) is 15.5. The first-order valence-electron chi connectivity index (χ1n) is 6.14. The molecule has 1 aromatic heterocycles. The van der Waals surface area contributed by atoms with Gasteiger partial charge in [0.15, 0.2) is 5.78 Å². The summed E-state index contributed by atoms with van der Waals surface area (Å²) >= 11 is 3.42. The predicted octanol–water partition coefficient (Wildman–Crippen LogP) is 4.61. The van der Waals surface area contributed by atoms with E-state index in [9.17, 15) is 9.18 Å². The van der Waals surface area contributed by atoms with Crippen molar-refractivity contribution in [2.45, 2.75) is 6.92 Å². The van der Waals surface area contributed by atoms with E-state index in [0.717, 1.165) is 15.6 Å². The molecular formula is C16H11BrFNO. The molecule has 0 fully saturated rings. The van der Waals surface area contributed by atoms with Crippen LogP contribution in [0.15, 0.2) is 47.1 Å². The number of halogens is 2. The third-order valence-corrected chi connectivity index (χ3v) is 4.18. The number of carbonyl (C=O) groups is 1. The van der Waals surface area contributed by atoms with E-state index in [-0.39, 0.29) is 11.6 Å². The average molecular weight is 332 g/mol. The lowest BCUT2D eigenvalue weighted by molar-refractivity contribution is 0.104. The Morgan fingerprint density at radius 2 is 2.00 bits per heavy atom. The second kappa shape index (κ2) is 4.87. The number of aromatic nitrogens is 1. The van der Waals surface area contributed by atoms with Crippen molar-refractivity contribution in [1.82, 2.24) is 4.98 Å². The zero-order valence-corrected chi connectivity index (χ0v) is 12.3. The summed E-state index contributed by atoms with van der Waals surface area (Å²) in [7, 11) is 0. The summed E-state index contributed by atoms with van der Waals surface area (Å²) in [5.41, 5.74) is 2.87. The fourth-order valence-electron chi connectivity index (χ4n) is 2.17. The van der Waals surface area contributed by atoms with Crippen molar-refractivity contribution in [3.05, 3.63) is 69.6 Å². The quantitative estimate of drug-likeness (QED) is 0.683. The van der Waals surface area contributed by atoms with E-state index < -0.39 is 0 Å². The van der Waals surface area contributed by atoms with E-state index in [1.165, 1.54) is 12.1 Å². The third-order valence-electron chi connectivity index (χ3n) is 3.32. The lowest BCUT2D eigenvalue weighted by atomic mass is 10.0. The van der Waals surface area contributed by atoms with Gasteiger partial charge < -0.3 is 4.98 Å². The number of hydrogen-bond acceptors (Lipinski definition) is 1. The first kappa shape index (κ1) is 13.1. The molecule has 2 aromatic carbocycles. The fourth-order valence-corrected chi connectivity index (χ4v) is 2.55. The molecule has 0 atom stereocenters. The number of ketones is 1. The number of benzene rings is 2. The lowest BCUT2D eigenvalue weighted by Gasteiger charge is -2.03. The van der Waals surface area contributed by atoms with E-state index in [4.69, 9.17) is 0 Å². The highest BCUT2D eigenvalue weighted by atomic mass is 79.9. The maximum atomic E-state index is 13.3. The van der Waals surface area contributed by atoms with E-state index in [2.05, 4.69) is 20.9 Å². The van der Waals surface area contributed by atoms with Gasteiger partial charge in [-0.1, -0.05) is 28.1 Å². The average Bonchev–Trinajstić information content (AvgIpc) is 2.84. The van der Waals surface area contributed by atoms with Crippen LogP contribution < -0.4 is 0 Å². The van der Waals surface area contributed by atoms with Crippen LogP contribution in [0.4, 0.5) is 4.39 Å². The molecule has 1 N–H and O–H groups in total. The van der Waals surface area contributed by atoms with Gasteiger partial charge in [0, 0.05) is 32.7 Å². The van der Waals surface area contributed by atoms with Gasteiger partial charge in [-0.3, -0.25) is 4.79 Å². The summed E-state index contributed by atoms with van der Waals surface area (Å²) in [6, 6.07) is 9.83. The van der Waals surface area contributed by atoms with Crippen LogP contribution in [0.3, 0.4) is 0 Å². The number of hydrogen-bond donors (Lipinski definition) is 1. The Balaban J connectivity index is 2.12. The summed E-state index contributed by atoms with van der Waals surface area (Å²) in [5, 5.41) is 0.603. The molecule has 0 saturated heterocycles. The number of fused-ring (bicyclic) bond motifs is 1. The number of nitrogens with one attached hydrogen (secondary N) is 1. The second-order valence-electron chi connectivity index (χ2n) is 4.69. The molecule has 0 amide bonds. The number of H-pyrrole nitrogens is 1. The zero-order chi connectivity index (χ0) is 14.3. The molecule has 3 rings (SSSR count). The maximum Gasteiger partial charge on any atom is 0.195 e. The standard InChI is InChI=1S/C16H11BrFNO/c1-9-2-3-10(6-14(9)17)16(20)13-8-19-15-5-4-11(18)7-12(13)15/h2-8,19H,1H3. The number of carbonyl (C=O) groups excluding carboxylic acids is 1. The van der Waals surface area contributed by atoms with Gasteiger partial charge in [0.25, 0.3) is 0 Å². The van der Waals surface area contributed by atoms with Crippen LogP contribution in [0.25, 0.3) is 10.9 Å². The molecule has 0 spiro atoms. The number of rotatable bonds is 2. The molecule has 0 unspecified atom stereocenters. The van der Waals surface area contributed by atoms with Crippen molar-refractivity contribution in [3.8, 4) is 0 Å². The minimum atomic E-state index is -0.351. The molecule has 0 bridgehead atoms. The van der Waals surface area contributed by atoms with Gasteiger partial charge in [-0.2, -0.15) is 0 Å². The maximum absolute atomic E-state index is 13.3. The molecule has 0 saturated carbocycles. The molecule has 0 aliphatic carbocycles. The molecule has 20 heavy (non-hydrogen) atoms. The van der Waals surface area contributed by atoms with Gasteiger partial charge in [0.05, 0.1) is 0 Å². The molecule has 1 heterocycles. The summed E-state index contributed by atoms with van der Waals surface area (Å²) in [6.07, 6.45) is 1.63. The molecule has 0 aliphatic heterocycles. The Labute approximate surface area is 123 Å². The first-order valence-corrected chi connectivity index (χ1v) is 6.93. The van der Waals surface area contributed by atoms with Crippen LogP contribution >= 0.6 is 15.9 Å². The van der Waals surface area contributed by atoms with Crippen molar-refractivity contribution < 1.29 is 9.18 Å². The molecule has 4 heteroatoms. The normalized spacial score (nSPS) is 10.9. The summed E-state index contributed by atoms with van der Waals surface area (Å²) in [5.74, 6) is -0.473. The van der Waals surface area contributed by atoms with Gasteiger partial charge >= 0.3 is 0 Å². The van der Waals surface area contributed by atoms with Gasteiger partial charge in [-0.15, -0.1) is 0 Å². The second-order valence-corrected chi connectivity index (χ2v) is 5.54. The van der Waals surface area contributed by atoms with E-state index in [1.54, 1.807) is 24.4 Å². The van der Waals surface area contributed by atoms with Crippen LogP contribution in [0, 0.1) is 12.7 Å². The van der Waals surface area contributed by atoms with Crippen molar-refractivity contribution in [1.29, 1.82) is 0 Å². The van der Waals surface area contributed by atoms with E-state index in [1.807, 2.05) is 13.0 Å². The van der Waals surface area contributed by atoms with Gasteiger partial charge in [0.2, 0.25) is 0 Å². The largest absolute Gasteiger partial charge is 0.360 e. The van der Waals surface area contributed by atoms with Crippen LogP contribution in [0.1, 0.15) is 21.5 Å². The third kappa shape index (κ3) is 2.16. The Morgan fingerprint density at radius 1 is 1.20 bits per heavy atom. The first-order chi connectivity index (χ1) is 9.56. The Bertz CT molecular complexity index is 822. The van der Waals surface area contributed by atoms with Crippen molar-refractivity contribution in [2.75, 3.05) is 0 Å². The number of aryl methyl sites for hydroxylation is 1. The molecule has 3 aromatic rings. The van der Waals surface area contributed by atoms with Gasteiger partial charge in [0.1, 0.15) is 5.82 Å². The van der Waals surface area contributed by atoms with Crippen LogP contribution in [0.5, 0.6) is 0 Å². The number of aromatic amines is 1. The Hall–Kier alpha value is -1.94. The molecule has 100 valence electrons. The summed E-state index contributed by atoms with van der Waals surface area (Å²) in [6.45, 7) is 1.96. The fraction of sp³-hybridized carbons (Fsp3) is 0.0625. The summed E-state index contributed by atoms with van der Waals surface area (Å²) < 4.78 is 14.2. The molecule has 2 nitrogen and oxygen atoms in total. The van der Waals surface area contributed by atoms with Crippen molar-refractivity contribution in [2.24, 2.45) is 0 Å². The van der Waals surface area contributed by atoms with Crippen LogP contribution in [-0.4, -0.2) is 10.8 Å². The highest BCUT2D eigenvalue weighted by Crippen LogP contribution is 2.24. The smallest absolute Gasteiger partial charge is 0.195 e. The monoisotopic (exact) mass is 331 g/mol. The molecular weight excluding hydrogens is 321 g/mol. The molecule has 0 aliphatic rings. The van der Waals surface area contributed by atoms with Gasteiger partial charge in [-0.25, -0.2) is 4.39 Å². The van der Waals surface area contributed by atoms with Crippen LogP contribution in [-0.2, 0) is 0 Å². The molecule has 0 radical (unpaired) electrons. The van der Waals surface area contributed by atoms with Crippen molar-refractivity contribution in [3.63, 3.8) is 0 Å². The minimum absolute atomic E-state index is 0.123. The van der Waals surface area contributed by atoms with Gasteiger partial charge in [-0.05, 0) is 36.8 Å². The van der Waals surface area contributed by atoms with E-state index >= 15 is 0 Å². The zero-order valence-electron chi connectivity index (χ0n) is 10.7. The highest BCUT2D eigenvalue weighted by molar-refractivity contribution is 9.10. The minimum Gasteiger partial charge on any atom is -0.360 e. The van der Waals surface area contributed by atoms with E-state index in [0.29, 0.717) is 16.5 Å². The Kier molecular flexibility index (Phi) is 3.18. The Morgan fingerprint density at radius 3 is 2.75 bits per heavy atom. The topological polar surface area (TPSA) is 32.9 Å².